The lowest BCUT2D eigenvalue weighted by atomic mass is 10.1. The predicted octanol–water partition coefficient (Wildman–Crippen LogP) is 3.65. The number of carbonyl (C=O) groups is 2. The largest absolute Gasteiger partial charge is 0.351 e. The fraction of sp³-hybridized carbons (Fsp3) is 0.280. The van der Waals surface area contributed by atoms with E-state index < -0.39 is 12.3 Å². The van der Waals surface area contributed by atoms with Crippen molar-refractivity contribution in [1.82, 2.24) is 19.0 Å². The third kappa shape index (κ3) is 3.25. The molecule has 0 N–H and O–H groups in total. The van der Waals surface area contributed by atoms with Crippen LogP contribution in [0, 0.1) is 0 Å². The van der Waals surface area contributed by atoms with Crippen molar-refractivity contribution in [2.75, 3.05) is 6.61 Å². The van der Waals surface area contributed by atoms with Gasteiger partial charge in [-0.3, -0.25) is 23.5 Å². The Morgan fingerprint density at radius 3 is 2.48 bits per heavy atom. The summed E-state index contributed by atoms with van der Waals surface area (Å²) in [6.45, 7) is 5.60. The molecule has 3 heterocycles. The van der Waals surface area contributed by atoms with Gasteiger partial charge in [0.15, 0.2) is 12.1 Å². The number of rotatable bonds is 4. The van der Waals surface area contributed by atoms with Gasteiger partial charge < -0.3 is 9.64 Å². The first-order valence-electron chi connectivity index (χ1n) is 11.0. The van der Waals surface area contributed by atoms with Crippen molar-refractivity contribution >= 4 is 33.6 Å². The highest BCUT2D eigenvalue weighted by Crippen LogP contribution is 2.34. The van der Waals surface area contributed by atoms with Crippen LogP contribution >= 0.6 is 0 Å². The Bertz CT molecular complexity index is 1470. The minimum atomic E-state index is -0.824. The average Bonchev–Trinajstić information content (AvgIpc) is 3.18. The molecule has 2 aromatic heterocycles. The number of carbonyl (C=O) groups excluding carboxylic acids is 2. The van der Waals surface area contributed by atoms with E-state index in [4.69, 9.17) is 9.72 Å². The maximum atomic E-state index is 13.5. The Kier molecular flexibility index (Phi) is 5.09. The van der Waals surface area contributed by atoms with Crippen LogP contribution in [0.3, 0.4) is 0 Å². The Morgan fingerprint density at radius 1 is 1.06 bits per heavy atom. The zero-order valence-electron chi connectivity index (χ0n) is 18.7. The van der Waals surface area contributed by atoms with E-state index in [0.717, 1.165) is 16.5 Å². The van der Waals surface area contributed by atoms with Gasteiger partial charge in [-0.05, 0) is 37.6 Å². The Morgan fingerprint density at radius 2 is 1.76 bits per heavy atom. The molecule has 0 radical (unpaired) electrons. The van der Waals surface area contributed by atoms with Crippen LogP contribution in [0.2, 0.25) is 0 Å². The molecule has 1 aliphatic rings. The molecule has 2 atom stereocenters. The van der Waals surface area contributed by atoms with Gasteiger partial charge in [0.05, 0.1) is 23.0 Å². The molecule has 0 fully saturated rings. The number of fused-ring (bicyclic) bond motifs is 3. The third-order valence-electron chi connectivity index (χ3n) is 6.17. The topological polar surface area (TPSA) is 86.4 Å². The van der Waals surface area contributed by atoms with Gasteiger partial charge in [-0.15, -0.1) is 0 Å². The molecule has 0 unspecified atom stereocenters. The molecular formula is C25H24N4O4. The zero-order chi connectivity index (χ0) is 23.3. The first kappa shape index (κ1) is 21.1. The van der Waals surface area contributed by atoms with Crippen LogP contribution in [0.5, 0.6) is 0 Å². The molecule has 0 bridgehead atoms. The van der Waals surface area contributed by atoms with E-state index in [-0.39, 0.29) is 23.9 Å². The molecule has 4 aromatic rings. The van der Waals surface area contributed by atoms with Crippen molar-refractivity contribution in [3.63, 3.8) is 0 Å². The molecule has 8 heteroatoms. The summed E-state index contributed by atoms with van der Waals surface area (Å²) in [6, 6.07) is 14.0. The zero-order valence-corrected chi connectivity index (χ0v) is 18.7. The number of para-hydroxylation sites is 2. The monoisotopic (exact) mass is 444 g/mol. The van der Waals surface area contributed by atoms with E-state index in [2.05, 4.69) is 0 Å². The second-order valence-electron chi connectivity index (χ2n) is 8.17. The van der Waals surface area contributed by atoms with Crippen LogP contribution in [0.1, 0.15) is 49.2 Å². The summed E-state index contributed by atoms with van der Waals surface area (Å²) in [7, 11) is 0. The molecule has 168 valence electrons. The molecule has 5 rings (SSSR count). The Balaban J connectivity index is 1.67. The van der Waals surface area contributed by atoms with Gasteiger partial charge in [0.25, 0.3) is 5.56 Å². The molecule has 1 aliphatic heterocycles. The summed E-state index contributed by atoms with van der Waals surface area (Å²) in [5.74, 6) is 0.0601. The van der Waals surface area contributed by atoms with Crippen molar-refractivity contribution in [1.29, 1.82) is 0 Å². The molecule has 1 amide bonds. The standard InChI is InChI=1S/C25H24N4O4/c1-4-33-25-22-26-20-11-7-5-10-19(20)24(32)29(22)15(2)23(31)28(25)14-17-13-27(16(3)30)21-12-8-6-9-18(17)21/h5-13,15,25H,4,14H2,1-3H3/t15-,25-/m0/s1. The lowest BCUT2D eigenvalue weighted by Crippen LogP contribution is -2.49. The lowest BCUT2D eigenvalue weighted by molar-refractivity contribution is -0.158. The maximum absolute atomic E-state index is 13.5. The number of benzene rings is 2. The summed E-state index contributed by atoms with van der Waals surface area (Å²) in [5, 5.41) is 1.35. The minimum absolute atomic E-state index is 0.109. The molecule has 2 aromatic carbocycles. The number of nitrogens with zero attached hydrogens (tertiary/aromatic N) is 4. The van der Waals surface area contributed by atoms with Gasteiger partial charge >= 0.3 is 0 Å². The quantitative estimate of drug-likeness (QED) is 0.480. The summed E-state index contributed by atoms with van der Waals surface area (Å²) in [5.41, 5.74) is 1.91. The highest BCUT2D eigenvalue weighted by Gasteiger charge is 2.40. The van der Waals surface area contributed by atoms with E-state index in [1.807, 2.05) is 37.3 Å². The average molecular weight is 444 g/mol. The Hall–Kier alpha value is -3.78. The smallest absolute Gasteiger partial charge is 0.262 e. The number of amides is 1. The predicted molar refractivity (Wildman–Crippen MR) is 124 cm³/mol. The van der Waals surface area contributed by atoms with Crippen molar-refractivity contribution in [2.24, 2.45) is 0 Å². The lowest BCUT2D eigenvalue weighted by Gasteiger charge is -2.39. The van der Waals surface area contributed by atoms with Crippen LogP contribution in [0.4, 0.5) is 0 Å². The van der Waals surface area contributed by atoms with Crippen molar-refractivity contribution < 1.29 is 14.3 Å². The summed E-state index contributed by atoms with van der Waals surface area (Å²) in [6.07, 6.45) is 0.944. The SMILES string of the molecule is CCO[C@H]1c2nc3ccccc3c(=O)n2[C@@H](C)C(=O)N1Cc1cn(C(C)=O)c2ccccc12. The van der Waals surface area contributed by atoms with Gasteiger partial charge in [0, 0.05) is 25.1 Å². The highest BCUT2D eigenvalue weighted by atomic mass is 16.5. The molecule has 0 aliphatic carbocycles. The summed E-state index contributed by atoms with van der Waals surface area (Å²) < 4.78 is 9.02. The molecule has 0 spiro atoms. The van der Waals surface area contributed by atoms with Crippen molar-refractivity contribution in [3.05, 3.63) is 76.5 Å². The van der Waals surface area contributed by atoms with Gasteiger partial charge in [0.2, 0.25) is 11.8 Å². The van der Waals surface area contributed by atoms with Crippen LogP contribution in [-0.2, 0) is 16.1 Å². The fourth-order valence-electron chi connectivity index (χ4n) is 4.62. The first-order chi connectivity index (χ1) is 15.9. The van der Waals surface area contributed by atoms with E-state index in [0.29, 0.717) is 23.3 Å². The van der Waals surface area contributed by atoms with Gasteiger partial charge in [0.1, 0.15) is 6.04 Å². The summed E-state index contributed by atoms with van der Waals surface area (Å²) >= 11 is 0. The fourth-order valence-corrected chi connectivity index (χ4v) is 4.62. The first-order valence-corrected chi connectivity index (χ1v) is 11.0. The number of aromatic nitrogens is 3. The van der Waals surface area contributed by atoms with E-state index >= 15 is 0 Å². The normalized spacial score (nSPS) is 18.2. The van der Waals surface area contributed by atoms with Gasteiger partial charge in [-0.1, -0.05) is 30.3 Å². The summed E-state index contributed by atoms with van der Waals surface area (Å²) in [4.78, 5) is 45.3. The van der Waals surface area contributed by atoms with Crippen LogP contribution in [0.25, 0.3) is 21.8 Å². The molecule has 8 nitrogen and oxygen atoms in total. The number of hydrogen-bond acceptors (Lipinski definition) is 5. The van der Waals surface area contributed by atoms with E-state index in [9.17, 15) is 14.4 Å². The molecular weight excluding hydrogens is 420 g/mol. The van der Waals surface area contributed by atoms with Crippen LogP contribution in [-0.4, -0.2) is 37.4 Å². The molecule has 33 heavy (non-hydrogen) atoms. The van der Waals surface area contributed by atoms with Crippen molar-refractivity contribution in [3.8, 4) is 0 Å². The van der Waals surface area contributed by atoms with Crippen LogP contribution < -0.4 is 5.56 Å². The highest BCUT2D eigenvalue weighted by molar-refractivity contribution is 5.94. The van der Waals surface area contributed by atoms with Crippen molar-refractivity contribution in [2.45, 2.75) is 39.6 Å². The number of hydrogen-bond donors (Lipinski definition) is 0. The second-order valence-corrected chi connectivity index (χ2v) is 8.17. The second kappa shape index (κ2) is 7.97. The van der Waals surface area contributed by atoms with E-state index in [1.165, 1.54) is 11.5 Å². The molecule has 0 saturated heterocycles. The van der Waals surface area contributed by atoms with Crippen LogP contribution in [0.15, 0.2) is 59.5 Å². The number of ether oxygens (including phenoxy) is 1. The van der Waals surface area contributed by atoms with Gasteiger partial charge in [-0.2, -0.15) is 0 Å². The Labute approximate surface area is 190 Å². The molecule has 0 saturated carbocycles. The maximum Gasteiger partial charge on any atom is 0.262 e. The minimum Gasteiger partial charge on any atom is -0.351 e. The van der Waals surface area contributed by atoms with Gasteiger partial charge in [-0.25, -0.2) is 4.98 Å². The van der Waals surface area contributed by atoms with E-state index in [1.54, 1.807) is 40.8 Å². The third-order valence-corrected chi connectivity index (χ3v) is 6.17.